The molecule has 0 bridgehead atoms. The normalized spacial score (nSPS) is 11.3. The molecule has 0 saturated heterocycles. The number of benzene rings is 1. The highest BCUT2D eigenvalue weighted by Crippen LogP contribution is 2.10. The predicted molar refractivity (Wildman–Crippen MR) is 58.2 cm³/mol. The fourth-order valence-corrected chi connectivity index (χ4v) is 1.02. The third-order valence-electron chi connectivity index (χ3n) is 2.29. The quantitative estimate of drug-likeness (QED) is 0.683. The summed E-state index contributed by atoms with van der Waals surface area (Å²) < 4.78 is 0. The van der Waals surface area contributed by atoms with Gasteiger partial charge in [-0.2, -0.15) is 0 Å². The van der Waals surface area contributed by atoms with E-state index in [2.05, 4.69) is 5.32 Å². The van der Waals surface area contributed by atoms with Gasteiger partial charge in [-0.1, -0.05) is 12.1 Å². The fraction of sp³-hybridized carbons (Fsp3) is 0.364. The molecule has 0 aliphatic rings. The Morgan fingerprint density at radius 2 is 1.93 bits per heavy atom. The molecule has 0 aliphatic heterocycles. The van der Waals surface area contributed by atoms with Gasteiger partial charge in [0.15, 0.2) is 0 Å². The van der Waals surface area contributed by atoms with Crippen molar-refractivity contribution in [3.05, 3.63) is 29.8 Å². The van der Waals surface area contributed by atoms with Crippen LogP contribution in [0.25, 0.3) is 0 Å². The number of phenols is 1. The molecule has 0 radical (unpaired) electrons. The van der Waals surface area contributed by atoms with Crippen LogP contribution in [0.5, 0.6) is 5.75 Å². The number of nitrogens with one attached hydrogen (secondary N) is 1. The Labute approximate surface area is 89.1 Å². The van der Waals surface area contributed by atoms with Crippen LogP contribution in [0, 0.1) is 0 Å². The van der Waals surface area contributed by atoms with Crippen molar-refractivity contribution in [2.75, 3.05) is 0 Å². The van der Waals surface area contributed by atoms with Gasteiger partial charge in [-0.05, 0) is 31.5 Å². The van der Waals surface area contributed by atoms with E-state index < -0.39 is 5.54 Å². The first-order valence-electron chi connectivity index (χ1n) is 4.74. The summed E-state index contributed by atoms with van der Waals surface area (Å²) in [5.41, 5.74) is 5.48. The number of aromatic hydroxyl groups is 1. The van der Waals surface area contributed by atoms with Crippen molar-refractivity contribution in [2.24, 2.45) is 5.73 Å². The van der Waals surface area contributed by atoms with E-state index in [4.69, 9.17) is 10.8 Å². The Balaban J connectivity index is 2.57. The summed E-state index contributed by atoms with van der Waals surface area (Å²) >= 11 is 0. The average Bonchev–Trinajstić information content (AvgIpc) is 2.17. The van der Waals surface area contributed by atoms with E-state index >= 15 is 0 Å². The van der Waals surface area contributed by atoms with E-state index in [0.29, 0.717) is 6.54 Å². The molecule has 15 heavy (non-hydrogen) atoms. The average molecular weight is 208 g/mol. The molecule has 0 unspecified atom stereocenters. The lowest BCUT2D eigenvalue weighted by molar-refractivity contribution is -0.123. The summed E-state index contributed by atoms with van der Waals surface area (Å²) in [6.45, 7) is 4.00. The molecule has 1 rings (SSSR count). The van der Waals surface area contributed by atoms with Crippen LogP contribution in [0.1, 0.15) is 19.4 Å². The Kier molecular flexibility index (Phi) is 3.31. The van der Waals surface area contributed by atoms with Gasteiger partial charge in [0, 0.05) is 6.54 Å². The van der Waals surface area contributed by atoms with Gasteiger partial charge in [0.25, 0.3) is 0 Å². The molecule has 4 N–H and O–H groups in total. The Morgan fingerprint density at radius 3 is 2.40 bits per heavy atom. The van der Waals surface area contributed by atoms with Gasteiger partial charge in [-0.15, -0.1) is 0 Å². The number of nitrogens with two attached hydrogens (primary N) is 1. The van der Waals surface area contributed by atoms with Gasteiger partial charge in [0.1, 0.15) is 5.75 Å². The van der Waals surface area contributed by atoms with Gasteiger partial charge in [0.05, 0.1) is 5.54 Å². The largest absolute Gasteiger partial charge is 0.508 e. The van der Waals surface area contributed by atoms with Crippen molar-refractivity contribution in [3.63, 3.8) is 0 Å². The number of phenolic OH excluding ortho intramolecular Hbond substituents is 1. The maximum atomic E-state index is 11.0. The van der Waals surface area contributed by atoms with E-state index in [1.165, 1.54) is 0 Å². The highest BCUT2D eigenvalue weighted by molar-refractivity contribution is 5.83. The van der Waals surface area contributed by atoms with Crippen molar-refractivity contribution >= 4 is 5.91 Å². The zero-order valence-corrected chi connectivity index (χ0v) is 8.95. The third-order valence-corrected chi connectivity index (χ3v) is 2.29. The molecule has 4 nitrogen and oxygen atoms in total. The summed E-state index contributed by atoms with van der Waals surface area (Å²) in [6, 6.07) is 6.79. The monoisotopic (exact) mass is 208 g/mol. The SMILES string of the molecule is CC(C)(NCc1ccc(O)cc1)C(N)=O. The second-order valence-electron chi connectivity index (χ2n) is 4.01. The molecule has 1 aromatic rings. The number of hydrogen-bond donors (Lipinski definition) is 3. The maximum absolute atomic E-state index is 11.0. The van der Waals surface area contributed by atoms with Gasteiger partial charge < -0.3 is 10.8 Å². The summed E-state index contributed by atoms with van der Waals surface area (Å²) in [5, 5.41) is 12.1. The highest BCUT2D eigenvalue weighted by Gasteiger charge is 2.23. The molecule has 0 aliphatic carbocycles. The van der Waals surface area contributed by atoms with Crippen molar-refractivity contribution in [1.82, 2.24) is 5.32 Å². The van der Waals surface area contributed by atoms with Crippen LogP contribution in [0.3, 0.4) is 0 Å². The van der Waals surface area contributed by atoms with Gasteiger partial charge >= 0.3 is 0 Å². The van der Waals surface area contributed by atoms with Gasteiger partial charge in [-0.3, -0.25) is 10.1 Å². The first-order valence-corrected chi connectivity index (χ1v) is 4.74. The second-order valence-corrected chi connectivity index (χ2v) is 4.01. The predicted octanol–water partition coefficient (Wildman–Crippen LogP) is 0.746. The van der Waals surface area contributed by atoms with Crippen molar-refractivity contribution in [2.45, 2.75) is 25.9 Å². The van der Waals surface area contributed by atoms with Crippen LogP contribution in [-0.2, 0) is 11.3 Å². The van der Waals surface area contributed by atoms with Crippen molar-refractivity contribution < 1.29 is 9.90 Å². The summed E-state index contributed by atoms with van der Waals surface area (Å²) in [5.74, 6) is -0.158. The number of hydrogen-bond acceptors (Lipinski definition) is 3. The summed E-state index contributed by atoms with van der Waals surface area (Å²) in [7, 11) is 0. The second kappa shape index (κ2) is 4.31. The lowest BCUT2D eigenvalue weighted by Crippen LogP contribution is -2.50. The molecule has 82 valence electrons. The molecular weight excluding hydrogens is 192 g/mol. The molecule has 0 saturated carbocycles. The van der Waals surface area contributed by atoms with Crippen molar-refractivity contribution in [1.29, 1.82) is 0 Å². The molecule has 0 heterocycles. The van der Waals surface area contributed by atoms with Crippen LogP contribution in [-0.4, -0.2) is 16.6 Å². The van der Waals surface area contributed by atoms with Gasteiger partial charge in [-0.25, -0.2) is 0 Å². The summed E-state index contributed by atoms with van der Waals surface area (Å²) in [4.78, 5) is 11.0. The molecule has 1 aromatic carbocycles. The maximum Gasteiger partial charge on any atom is 0.237 e. The minimum atomic E-state index is -0.724. The molecule has 0 atom stereocenters. The van der Waals surface area contributed by atoms with Gasteiger partial charge in [0.2, 0.25) is 5.91 Å². The Bertz CT molecular complexity index is 344. The number of primary amides is 1. The molecule has 0 fully saturated rings. The number of carbonyl (C=O) groups is 1. The number of carbonyl (C=O) groups excluding carboxylic acids is 1. The zero-order valence-electron chi connectivity index (χ0n) is 8.95. The van der Waals surface area contributed by atoms with Crippen LogP contribution in [0.15, 0.2) is 24.3 Å². The molecule has 4 heteroatoms. The number of amides is 1. The Hall–Kier alpha value is -1.55. The van der Waals surface area contributed by atoms with Crippen LogP contribution in [0.2, 0.25) is 0 Å². The highest BCUT2D eigenvalue weighted by atomic mass is 16.3. The van der Waals surface area contributed by atoms with Crippen LogP contribution in [0.4, 0.5) is 0 Å². The lowest BCUT2D eigenvalue weighted by Gasteiger charge is -2.22. The molecule has 1 amide bonds. The fourth-order valence-electron chi connectivity index (χ4n) is 1.02. The standard InChI is InChI=1S/C11H16N2O2/c1-11(2,10(12)15)13-7-8-3-5-9(14)6-4-8/h3-6,13-14H,7H2,1-2H3,(H2,12,15). The molecule has 0 spiro atoms. The number of rotatable bonds is 4. The first kappa shape index (κ1) is 11.5. The van der Waals surface area contributed by atoms with Crippen LogP contribution < -0.4 is 11.1 Å². The smallest absolute Gasteiger partial charge is 0.237 e. The minimum Gasteiger partial charge on any atom is -0.508 e. The Morgan fingerprint density at radius 1 is 1.40 bits per heavy atom. The third kappa shape index (κ3) is 3.25. The van der Waals surface area contributed by atoms with E-state index in [9.17, 15) is 4.79 Å². The van der Waals surface area contributed by atoms with Crippen molar-refractivity contribution in [3.8, 4) is 5.75 Å². The minimum absolute atomic E-state index is 0.230. The van der Waals surface area contributed by atoms with E-state index in [1.807, 2.05) is 0 Å². The molecular formula is C11H16N2O2. The van der Waals surface area contributed by atoms with E-state index in [1.54, 1.807) is 38.1 Å². The van der Waals surface area contributed by atoms with E-state index in [-0.39, 0.29) is 11.7 Å². The van der Waals surface area contributed by atoms with E-state index in [0.717, 1.165) is 5.56 Å². The molecule has 0 aromatic heterocycles. The first-order chi connectivity index (χ1) is 6.92. The lowest BCUT2D eigenvalue weighted by atomic mass is 10.0. The topological polar surface area (TPSA) is 75.3 Å². The van der Waals surface area contributed by atoms with Crippen LogP contribution >= 0.6 is 0 Å². The zero-order chi connectivity index (χ0) is 11.5. The summed E-state index contributed by atoms with van der Waals surface area (Å²) in [6.07, 6.45) is 0.